The highest BCUT2D eigenvalue weighted by Gasteiger charge is 2.48. The van der Waals surface area contributed by atoms with E-state index in [4.69, 9.17) is 5.11 Å². The summed E-state index contributed by atoms with van der Waals surface area (Å²) in [5, 5.41) is 11.9. The van der Waals surface area contributed by atoms with E-state index in [1.807, 2.05) is 0 Å². The maximum Gasteiger partial charge on any atom is 0.317 e. The zero-order chi connectivity index (χ0) is 12.0. The van der Waals surface area contributed by atoms with Crippen molar-refractivity contribution < 1.29 is 14.7 Å². The lowest BCUT2D eigenvalue weighted by atomic mass is 10.1. The third-order valence-electron chi connectivity index (χ3n) is 4.20. The predicted octanol–water partition coefficient (Wildman–Crippen LogP) is 0.901. The molecule has 2 N–H and O–H groups in total. The van der Waals surface area contributed by atoms with Crippen molar-refractivity contribution in [3.63, 3.8) is 0 Å². The van der Waals surface area contributed by atoms with E-state index in [-0.39, 0.29) is 11.9 Å². The number of rotatable bonds is 3. The Kier molecular flexibility index (Phi) is 2.49. The molecule has 0 spiro atoms. The van der Waals surface area contributed by atoms with E-state index in [0.29, 0.717) is 31.5 Å². The van der Waals surface area contributed by atoms with Gasteiger partial charge in [0.25, 0.3) is 0 Å². The Hall–Kier alpha value is -1.26. The van der Waals surface area contributed by atoms with E-state index in [9.17, 15) is 9.59 Å². The zero-order valence-electron chi connectivity index (χ0n) is 9.76. The molecule has 1 unspecified atom stereocenters. The molecule has 3 atom stereocenters. The minimum atomic E-state index is -0.789. The van der Waals surface area contributed by atoms with Crippen LogP contribution in [0.3, 0.4) is 0 Å². The van der Waals surface area contributed by atoms with Crippen molar-refractivity contribution in [3.8, 4) is 0 Å². The van der Waals surface area contributed by atoms with Gasteiger partial charge >= 0.3 is 12.0 Å². The number of nitrogens with zero attached hydrogens (tertiary/aromatic N) is 1. The number of hydrogen-bond donors (Lipinski definition) is 2. The van der Waals surface area contributed by atoms with Crippen LogP contribution < -0.4 is 5.32 Å². The van der Waals surface area contributed by atoms with Gasteiger partial charge in [-0.2, -0.15) is 0 Å². The molecule has 3 rings (SSSR count). The first kappa shape index (κ1) is 10.9. The number of urea groups is 1. The first-order valence-corrected chi connectivity index (χ1v) is 6.43. The molecule has 1 saturated heterocycles. The number of nitrogens with one attached hydrogen (secondary N) is 1. The molecule has 1 aliphatic heterocycles. The Morgan fingerprint density at radius 3 is 2.59 bits per heavy atom. The highest BCUT2D eigenvalue weighted by molar-refractivity contribution is 5.77. The van der Waals surface area contributed by atoms with Gasteiger partial charge in [-0.25, -0.2) is 4.79 Å². The van der Waals surface area contributed by atoms with E-state index in [2.05, 4.69) is 5.32 Å². The summed E-state index contributed by atoms with van der Waals surface area (Å²) in [6.07, 6.45) is 4.34. The van der Waals surface area contributed by atoms with Gasteiger partial charge in [-0.05, 0) is 37.5 Å². The lowest BCUT2D eigenvalue weighted by Crippen LogP contribution is -2.40. The molecule has 0 bridgehead atoms. The summed E-state index contributed by atoms with van der Waals surface area (Å²) in [6.45, 7) is 0.936. The summed E-state index contributed by atoms with van der Waals surface area (Å²) < 4.78 is 0. The van der Waals surface area contributed by atoms with Gasteiger partial charge in [-0.1, -0.05) is 0 Å². The molecular formula is C12H18N2O3. The van der Waals surface area contributed by atoms with E-state index in [0.717, 1.165) is 12.3 Å². The van der Waals surface area contributed by atoms with Crippen molar-refractivity contribution in [1.29, 1.82) is 0 Å². The van der Waals surface area contributed by atoms with Crippen LogP contribution in [0.15, 0.2) is 0 Å². The number of amides is 2. The second kappa shape index (κ2) is 3.89. The average Bonchev–Trinajstić information content (AvgIpc) is 3.16. The molecule has 0 aromatic heterocycles. The van der Waals surface area contributed by atoms with Gasteiger partial charge in [0, 0.05) is 19.1 Å². The van der Waals surface area contributed by atoms with Crippen molar-refractivity contribution >= 4 is 12.0 Å². The van der Waals surface area contributed by atoms with Crippen LogP contribution in [0.2, 0.25) is 0 Å². The van der Waals surface area contributed by atoms with Crippen LogP contribution in [0, 0.1) is 17.8 Å². The van der Waals surface area contributed by atoms with Gasteiger partial charge in [0.05, 0.1) is 5.92 Å². The highest BCUT2D eigenvalue weighted by atomic mass is 16.4. The maximum absolute atomic E-state index is 11.9. The Labute approximate surface area is 100 Å². The molecule has 0 aromatic rings. The number of carboxylic acid groups (broad SMARTS) is 1. The lowest BCUT2D eigenvalue weighted by molar-refractivity contribution is -0.141. The molecule has 0 radical (unpaired) electrons. The number of likely N-dealkylation sites (tertiary alicyclic amines) is 1. The Morgan fingerprint density at radius 1 is 1.24 bits per heavy atom. The molecular weight excluding hydrogens is 220 g/mol. The number of carboxylic acids is 1. The third-order valence-corrected chi connectivity index (χ3v) is 4.20. The molecule has 2 amide bonds. The first-order valence-electron chi connectivity index (χ1n) is 6.43. The molecule has 3 aliphatic rings. The molecule has 0 aromatic carbocycles. The summed E-state index contributed by atoms with van der Waals surface area (Å²) in [5.41, 5.74) is 0. The number of carbonyl (C=O) groups excluding carboxylic acids is 1. The number of hydrogen-bond acceptors (Lipinski definition) is 2. The van der Waals surface area contributed by atoms with Crippen LogP contribution in [0.25, 0.3) is 0 Å². The predicted molar refractivity (Wildman–Crippen MR) is 60.5 cm³/mol. The van der Waals surface area contributed by atoms with Gasteiger partial charge < -0.3 is 15.3 Å². The van der Waals surface area contributed by atoms with Crippen LogP contribution in [0.1, 0.15) is 25.7 Å². The van der Waals surface area contributed by atoms with Gasteiger partial charge in [0.1, 0.15) is 0 Å². The summed E-state index contributed by atoms with van der Waals surface area (Å²) in [4.78, 5) is 24.3. The summed E-state index contributed by atoms with van der Waals surface area (Å²) >= 11 is 0. The lowest BCUT2D eigenvalue weighted by Gasteiger charge is -2.16. The fourth-order valence-electron chi connectivity index (χ4n) is 2.82. The second-order valence-corrected chi connectivity index (χ2v) is 5.56. The van der Waals surface area contributed by atoms with Crippen LogP contribution in [0.4, 0.5) is 4.79 Å². The van der Waals surface area contributed by atoms with Gasteiger partial charge in [-0.3, -0.25) is 4.79 Å². The van der Waals surface area contributed by atoms with E-state index in [1.54, 1.807) is 4.90 Å². The van der Waals surface area contributed by atoms with E-state index < -0.39 is 5.97 Å². The van der Waals surface area contributed by atoms with Crippen molar-refractivity contribution in [2.75, 3.05) is 13.1 Å². The van der Waals surface area contributed by atoms with Crippen LogP contribution in [-0.4, -0.2) is 41.1 Å². The molecule has 5 heteroatoms. The van der Waals surface area contributed by atoms with Gasteiger partial charge in [0.15, 0.2) is 0 Å². The van der Waals surface area contributed by atoms with Crippen LogP contribution in [-0.2, 0) is 4.79 Å². The van der Waals surface area contributed by atoms with Crippen molar-refractivity contribution in [2.24, 2.45) is 17.8 Å². The second-order valence-electron chi connectivity index (χ2n) is 5.56. The minimum absolute atomic E-state index is 0.0677. The monoisotopic (exact) mass is 238 g/mol. The van der Waals surface area contributed by atoms with Crippen LogP contribution >= 0.6 is 0 Å². The first-order chi connectivity index (χ1) is 8.15. The largest absolute Gasteiger partial charge is 0.481 e. The highest BCUT2D eigenvalue weighted by Crippen LogP contribution is 2.50. The SMILES string of the molecule is O=C(O)C1CCN(C(=O)N[C@@H]2C[C@H]2C2CC2)C1. The molecule has 17 heavy (non-hydrogen) atoms. The maximum atomic E-state index is 11.9. The summed E-state index contributed by atoms with van der Waals surface area (Å²) in [5.74, 6) is 0.393. The molecule has 3 fully saturated rings. The Morgan fingerprint density at radius 2 is 2.00 bits per heavy atom. The minimum Gasteiger partial charge on any atom is -0.481 e. The summed E-state index contributed by atoms with van der Waals surface area (Å²) in [6, 6.07) is 0.292. The average molecular weight is 238 g/mol. The van der Waals surface area contributed by atoms with Crippen molar-refractivity contribution in [2.45, 2.75) is 31.7 Å². The molecule has 1 heterocycles. The number of aliphatic carboxylic acids is 1. The third kappa shape index (κ3) is 2.23. The molecule has 5 nitrogen and oxygen atoms in total. The molecule has 2 saturated carbocycles. The van der Waals surface area contributed by atoms with E-state index >= 15 is 0 Å². The number of carbonyl (C=O) groups is 2. The molecule has 2 aliphatic carbocycles. The normalized spacial score (nSPS) is 35.8. The quantitative estimate of drug-likeness (QED) is 0.767. The van der Waals surface area contributed by atoms with E-state index in [1.165, 1.54) is 12.8 Å². The fraction of sp³-hybridized carbons (Fsp3) is 0.833. The zero-order valence-corrected chi connectivity index (χ0v) is 9.76. The van der Waals surface area contributed by atoms with Crippen molar-refractivity contribution in [1.82, 2.24) is 10.2 Å². The Balaban J connectivity index is 1.45. The molecule has 94 valence electrons. The standard InChI is InChI=1S/C12H18N2O3/c15-11(16)8-3-4-14(6-8)12(17)13-10-5-9(10)7-1-2-7/h7-10H,1-6H2,(H,13,17)(H,15,16)/t8?,9-,10+/m0/s1. The topological polar surface area (TPSA) is 69.6 Å². The Bertz CT molecular complexity index is 354. The fourth-order valence-corrected chi connectivity index (χ4v) is 2.82. The smallest absolute Gasteiger partial charge is 0.317 e. The van der Waals surface area contributed by atoms with Gasteiger partial charge in [0.2, 0.25) is 0 Å². The summed E-state index contributed by atoms with van der Waals surface area (Å²) in [7, 11) is 0. The van der Waals surface area contributed by atoms with Crippen LogP contribution in [0.5, 0.6) is 0 Å². The van der Waals surface area contributed by atoms with Crippen molar-refractivity contribution in [3.05, 3.63) is 0 Å². The van der Waals surface area contributed by atoms with Gasteiger partial charge in [-0.15, -0.1) is 0 Å².